The van der Waals surface area contributed by atoms with Crippen LogP contribution in [0.1, 0.15) is 18.4 Å². The lowest BCUT2D eigenvalue weighted by Gasteiger charge is -2.25. The topological polar surface area (TPSA) is 63.3 Å². The van der Waals surface area contributed by atoms with E-state index in [-0.39, 0.29) is 5.92 Å². The van der Waals surface area contributed by atoms with Crippen molar-refractivity contribution in [3.63, 3.8) is 0 Å². The van der Waals surface area contributed by atoms with Gasteiger partial charge >= 0.3 is 5.97 Å². The van der Waals surface area contributed by atoms with Crippen molar-refractivity contribution in [2.24, 2.45) is 11.7 Å². The normalized spacial score (nSPS) is 19.6. The molecule has 0 spiro atoms. The van der Waals surface area contributed by atoms with E-state index in [1.54, 1.807) is 12.1 Å². The second-order valence-electron chi connectivity index (χ2n) is 3.96. The standard InChI is InChI=1S/C11H12BrNO2/c12-9-5-3-8(4-6-9)11(13,10(14)15)7-1-2-7/h3-7H,1-2,13H2,(H,14,15). The van der Waals surface area contributed by atoms with Crippen LogP contribution in [0.15, 0.2) is 28.7 Å². The van der Waals surface area contributed by atoms with Gasteiger partial charge in [0.1, 0.15) is 5.54 Å². The second kappa shape index (κ2) is 3.61. The zero-order valence-electron chi connectivity index (χ0n) is 8.11. The molecule has 1 aliphatic carbocycles. The minimum absolute atomic E-state index is 0.0798. The fraction of sp³-hybridized carbons (Fsp3) is 0.364. The monoisotopic (exact) mass is 269 g/mol. The van der Waals surface area contributed by atoms with Crippen molar-refractivity contribution in [3.05, 3.63) is 34.3 Å². The fourth-order valence-electron chi connectivity index (χ4n) is 1.80. The summed E-state index contributed by atoms with van der Waals surface area (Å²) in [6.45, 7) is 0. The maximum atomic E-state index is 11.3. The predicted molar refractivity (Wildman–Crippen MR) is 60.4 cm³/mol. The molecule has 1 fully saturated rings. The Morgan fingerprint density at radius 3 is 2.33 bits per heavy atom. The molecule has 3 nitrogen and oxygen atoms in total. The van der Waals surface area contributed by atoms with Gasteiger partial charge in [0.2, 0.25) is 0 Å². The highest BCUT2D eigenvalue weighted by atomic mass is 79.9. The molecule has 2 rings (SSSR count). The number of benzene rings is 1. The summed E-state index contributed by atoms with van der Waals surface area (Å²) in [6, 6.07) is 7.19. The summed E-state index contributed by atoms with van der Waals surface area (Å²) in [6.07, 6.45) is 1.80. The Kier molecular flexibility index (Phi) is 2.56. The Morgan fingerprint density at radius 2 is 1.93 bits per heavy atom. The summed E-state index contributed by atoms with van der Waals surface area (Å²) in [5.74, 6) is -0.858. The van der Waals surface area contributed by atoms with E-state index in [0.29, 0.717) is 5.56 Å². The summed E-state index contributed by atoms with van der Waals surface area (Å²) in [5.41, 5.74) is 5.48. The molecule has 0 amide bonds. The van der Waals surface area contributed by atoms with Gasteiger partial charge in [-0.3, -0.25) is 0 Å². The molecule has 0 aliphatic heterocycles. The molecule has 0 bridgehead atoms. The highest BCUT2D eigenvalue weighted by Gasteiger charge is 2.49. The van der Waals surface area contributed by atoms with Crippen LogP contribution in [-0.2, 0) is 10.3 Å². The lowest BCUT2D eigenvalue weighted by atomic mass is 9.86. The average molecular weight is 270 g/mol. The zero-order valence-corrected chi connectivity index (χ0v) is 9.70. The number of carboxylic acid groups (broad SMARTS) is 1. The molecule has 15 heavy (non-hydrogen) atoms. The van der Waals surface area contributed by atoms with Gasteiger partial charge in [-0.15, -0.1) is 0 Å². The maximum absolute atomic E-state index is 11.3. The molecule has 1 aromatic rings. The maximum Gasteiger partial charge on any atom is 0.328 e. The van der Waals surface area contributed by atoms with Crippen LogP contribution >= 0.6 is 15.9 Å². The summed E-state index contributed by atoms with van der Waals surface area (Å²) in [7, 11) is 0. The first kappa shape index (κ1) is 10.6. The van der Waals surface area contributed by atoms with Crippen molar-refractivity contribution in [3.8, 4) is 0 Å². The number of nitrogens with two attached hydrogens (primary N) is 1. The molecule has 4 heteroatoms. The largest absolute Gasteiger partial charge is 0.480 e. The summed E-state index contributed by atoms with van der Waals surface area (Å²) < 4.78 is 0.926. The fourth-order valence-corrected chi connectivity index (χ4v) is 2.06. The van der Waals surface area contributed by atoms with E-state index in [1.807, 2.05) is 12.1 Å². The summed E-state index contributed by atoms with van der Waals surface area (Å²) >= 11 is 3.31. The highest BCUT2D eigenvalue weighted by molar-refractivity contribution is 9.10. The quantitative estimate of drug-likeness (QED) is 0.884. The van der Waals surface area contributed by atoms with Crippen molar-refractivity contribution in [1.29, 1.82) is 0 Å². The molecule has 1 aromatic carbocycles. The van der Waals surface area contributed by atoms with E-state index >= 15 is 0 Å². The van der Waals surface area contributed by atoms with Crippen molar-refractivity contribution >= 4 is 21.9 Å². The number of aliphatic carboxylic acids is 1. The van der Waals surface area contributed by atoms with Gasteiger partial charge in [0.25, 0.3) is 0 Å². The minimum Gasteiger partial charge on any atom is -0.480 e. The van der Waals surface area contributed by atoms with Gasteiger partial charge in [-0.2, -0.15) is 0 Å². The number of halogens is 1. The first-order valence-electron chi connectivity index (χ1n) is 4.83. The van der Waals surface area contributed by atoms with E-state index in [9.17, 15) is 9.90 Å². The number of hydrogen-bond acceptors (Lipinski definition) is 2. The highest BCUT2D eigenvalue weighted by Crippen LogP contribution is 2.44. The molecule has 1 saturated carbocycles. The van der Waals surface area contributed by atoms with Crippen LogP contribution in [0.4, 0.5) is 0 Å². The van der Waals surface area contributed by atoms with Gasteiger partial charge < -0.3 is 10.8 Å². The molecule has 3 N–H and O–H groups in total. The van der Waals surface area contributed by atoms with Gasteiger partial charge in [-0.1, -0.05) is 28.1 Å². The zero-order chi connectivity index (χ0) is 11.1. The Bertz CT molecular complexity index is 386. The van der Waals surface area contributed by atoms with Crippen LogP contribution in [-0.4, -0.2) is 11.1 Å². The number of hydrogen-bond donors (Lipinski definition) is 2. The molecule has 1 aliphatic rings. The molecule has 0 aromatic heterocycles. The van der Waals surface area contributed by atoms with E-state index in [2.05, 4.69) is 15.9 Å². The predicted octanol–water partition coefficient (Wildman–Crippen LogP) is 2.10. The van der Waals surface area contributed by atoms with Gasteiger partial charge in [0.15, 0.2) is 0 Å². The van der Waals surface area contributed by atoms with Crippen LogP contribution in [0.25, 0.3) is 0 Å². The smallest absolute Gasteiger partial charge is 0.328 e. The van der Waals surface area contributed by atoms with Crippen molar-refractivity contribution in [1.82, 2.24) is 0 Å². The van der Waals surface area contributed by atoms with Gasteiger partial charge in [0, 0.05) is 4.47 Å². The third-order valence-electron chi connectivity index (χ3n) is 2.90. The third-order valence-corrected chi connectivity index (χ3v) is 3.43. The number of carboxylic acids is 1. The molecule has 0 radical (unpaired) electrons. The number of carbonyl (C=O) groups is 1. The van der Waals surface area contributed by atoms with Crippen molar-refractivity contribution in [2.45, 2.75) is 18.4 Å². The van der Waals surface area contributed by atoms with Crippen molar-refractivity contribution in [2.75, 3.05) is 0 Å². The van der Waals surface area contributed by atoms with E-state index in [1.165, 1.54) is 0 Å². The van der Waals surface area contributed by atoms with E-state index < -0.39 is 11.5 Å². The number of rotatable bonds is 3. The van der Waals surface area contributed by atoms with Gasteiger partial charge in [-0.05, 0) is 36.5 Å². The molecule has 80 valence electrons. The average Bonchev–Trinajstić information content (AvgIpc) is 3.00. The first-order valence-corrected chi connectivity index (χ1v) is 5.62. The molecule has 1 unspecified atom stereocenters. The SMILES string of the molecule is NC(C(=O)O)(c1ccc(Br)cc1)C1CC1. The summed E-state index contributed by atoms with van der Waals surface area (Å²) in [5, 5.41) is 9.23. The van der Waals surface area contributed by atoms with Crippen LogP contribution in [0.2, 0.25) is 0 Å². The minimum atomic E-state index is -1.21. The molecular formula is C11H12BrNO2. The Balaban J connectivity index is 2.40. The second-order valence-corrected chi connectivity index (χ2v) is 4.87. The first-order chi connectivity index (χ1) is 7.05. The Labute approximate surface area is 96.4 Å². The lowest BCUT2D eigenvalue weighted by molar-refractivity contribution is -0.144. The molecule has 0 saturated heterocycles. The van der Waals surface area contributed by atoms with E-state index in [0.717, 1.165) is 17.3 Å². The molecular weight excluding hydrogens is 258 g/mol. The van der Waals surface area contributed by atoms with Gasteiger partial charge in [0.05, 0.1) is 0 Å². The third kappa shape index (κ3) is 1.79. The summed E-state index contributed by atoms with van der Waals surface area (Å²) in [4.78, 5) is 11.3. The van der Waals surface area contributed by atoms with Crippen molar-refractivity contribution < 1.29 is 9.90 Å². The van der Waals surface area contributed by atoms with Crippen LogP contribution in [0, 0.1) is 5.92 Å². The van der Waals surface area contributed by atoms with Gasteiger partial charge in [-0.25, -0.2) is 4.79 Å². The lowest BCUT2D eigenvalue weighted by Crippen LogP contribution is -2.46. The molecule has 0 heterocycles. The van der Waals surface area contributed by atoms with Crippen LogP contribution in [0.3, 0.4) is 0 Å². The Hall–Kier alpha value is -0.870. The van der Waals surface area contributed by atoms with Crippen LogP contribution in [0.5, 0.6) is 0 Å². The molecule has 1 atom stereocenters. The van der Waals surface area contributed by atoms with E-state index in [4.69, 9.17) is 5.73 Å². The Morgan fingerprint density at radius 1 is 1.40 bits per heavy atom. The van der Waals surface area contributed by atoms with Crippen LogP contribution < -0.4 is 5.73 Å².